The highest BCUT2D eigenvalue weighted by Crippen LogP contribution is 2.22. The maximum Gasteiger partial charge on any atom is 0.224 e. The number of rotatable bonds is 2. The Morgan fingerprint density at radius 2 is 2.06 bits per heavy atom. The lowest BCUT2D eigenvalue weighted by Crippen LogP contribution is -2.01. The standard InChI is InChI=1S/C11H8ClF2N3/c1-6-5-15-11(12)17-10(6)16-8-4-2-3-7(13)9(8)14/h2-5H,1H3,(H,15,16,17). The molecule has 0 unspecified atom stereocenters. The van der Waals surface area contributed by atoms with Crippen LogP contribution in [0.3, 0.4) is 0 Å². The number of aromatic nitrogens is 2. The van der Waals surface area contributed by atoms with Crippen LogP contribution in [-0.4, -0.2) is 9.97 Å². The lowest BCUT2D eigenvalue weighted by molar-refractivity contribution is 0.511. The topological polar surface area (TPSA) is 37.8 Å². The number of benzene rings is 1. The number of hydrogen-bond donors (Lipinski definition) is 1. The summed E-state index contributed by atoms with van der Waals surface area (Å²) in [6.45, 7) is 1.73. The van der Waals surface area contributed by atoms with Crippen LogP contribution in [0.15, 0.2) is 24.4 Å². The third-order valence-electron chi connectivity index (χ3n) is 2.15. The predicted octanol–water partition coefficient (Wildman–Crippen LogP) is 3.46. The average molecular weight is 256 g/mol. The molecule has 0 saturated carbocycles. The summed E-state index contributed by atoms with van der Waals surface area (Å²) in [5, 5.41) is 2.71. The molecule has 0 bridgehead atoms. The van der Waals surface area contributed by atoms with Gasteiger partial charge in [0.15, 0.2) is 11.6 Å². The number of halogens is 3. The highest BCUT2D eigenvalue weighted by molar-refractivity contribution is 6.28. The van der Waals surface area contributed by atoms with Crippen molar-refractivity contribution < 1.29 is 8.78 Å². The van der Waals surface area contributed by atoms with Crippen LogP contribution in [0, 0.1) is 18.6 Å². The Morgan fingerprint density at radius 3 is 2.82 bits per heavy atom. The summed E-state index contributed by atoms with van der Waals surface area (Å²) in [7, 11) is 0. The maximum absolute atomic E-state index is 13.4. The normalized spacial score (nSPS) is 10.4. The molecule has 0 aliphatic carbocycles. The van der Waals surface area contributed by atoms with Gasteiger partial charge in [-0.3, -0.25) is 0 Å². The van der Waals surface area contributed by atoms with Gasteiger partial charge in [-0.25, -0.2) is 18.7 Å². The first-order chi connectivity index (χ1) is 8.08. The van der Waals surface area contributed by atoms with Gasteiger partial charge in [0.25, 0.3) is 0 Å². The third-order valence-corrected chi connectivity index (χ3v) is 2.33. The fourth-order valence-electron chi connectivity index (χ4n) is 1.27. The molecule has 0 saturated heterocycles. The minimum Gasteiger partial charge on any atom is -0.337 e. The molecule has 1 aromatic heterocycles. The van der Waals surface area contributed by atoms with Gasteiger partial charge < -0.3 is 5.32 Å². The quantitative estimate of drug-likeness (QED) is 0.835. The fourth-order valence-corrected chi connectivity index (χ4v) is 1.41. The van der Waals surface area contributed by atoms with Gasteiger partial charge in [0, 0.05) is 11.8 Å². The minimum absolute atomic E-state index is 0.00265. The summed E-state index contributed by atoms with van der Waals surface area (Å²) in [5.41, 5.74) is 0.681. The smallest absolute Gasteiger partial charge is 0.224 e. The van der Waals surface area contributed by atoms with Crippen LogP contribution in [0.25, 0.3) is 0 Å². The molecule has 1 aromatic carbocycles. The lowest BCUT2D eigenvalue weighted by Gasteiger charge is -2.09. The summed E-state index contributed by atoms with van der Waals surface area (Å²) in [6.07, 6.45) is 1.49. The fraction of sp³-hybridized carbons (Fsp3) is 0.0909. The van der Waals surface area contributed by atoms with Gasteiger partial charge in [0.2, 0.25) is 5.28 Å². The van der Waals surface area contributed by atoms with E-state index in [0.29, 0.717) is 11.4 Å². The van der Waals surface area contributed by atoms with E-state index >= 15 is 0 Å². The van der Waals surface area contributed by atoms with E-state index in [1.54, 1.807) is 6.92 Å². The predicted molar refractivity (Wildman–Crippen MR) is 61.4 cm³/mol. The van der Waals surface area contributed by atoms with Gasteiger partial charge in [-0.1, -0.05) is 6.07 Å². The SMILES string of the molecule is Cc1cnc(Cl)nc1Nc1cccc(F)c1F. The first kappa shape index (κ1) is 11.7. The Labute approximate surface area is 101 Å². The van der Waals surface area contributed by atoms with E-state index in [-0.39, 0.29) is 11.0 Å². The van der Waals surface area contributed by atoms with Crippen molar-refractivity contribution in [3.8, 4) is 0 Å². The van der Waals surface area contributed by atoms with Crippen molar-refractivity contribution in [1.82, 2.24) is 9.97 Å². The van der Waals surface area contributed by atoms with E-state index in [1.165, 1.54) is 18.3 Å². The summed E-state index contributed by atoms with van der Waals surface area (Å²) in [6, 6.07) is 3.85. The molecule has 2 rings (SSSR count). The van der Waals surface area contributed by atoms with E-state index in [1.807, 2.05) is 0 Å². The van der Waals surface area contributed by atoms with E-state index in [2.05, 4.69) is 15.3 Å². The second-order valence-electron chi connectivity index (χ2n) is 3.40. The molecule has 0 aliphatic heterocycles. The molecule has 3 nitrogen and oxygen atoms in total. The zero-order chi connectivity index (χ0) is 12.4. The van der Waals surface area contributed by atoms with Gasteiger partial charge in [0.1, 0.15) is 5.82 Å². The Bertz CT molecular complexity index is 560. The lowest BCUT2D eigenvalue weighted by atomic mass is 10.2. The maximum atomic E-state index is 13.4. The molecule has 1 N–H and O–H groups in total. The monoisotopic (exact) mass is 255 g/mol. The molecule has 88 valence electrons. The van der Waals surface area contributed by atoms with E-state index in [0.717, 1.165) is 6.07 Å². The van der Waals surface area contributed by atoms with Gasteiger partial charge >= 0.3 is 0 Å². The van der Waals surface area contributed by atoms with Crippen molar-refractivity contribution in [3.05, 3.63) is 46.9 Å². The average Bonchev–Trinajstić information content (AvgIpc) is 2.30. The van der Waals surface area contributed by atoms with Crippen LogP contribution in [0.2, 0.25) is 5.28 Å². The van der Waals surface area contributed by atoms with Crippen molar-refractivity contribution in [2.75, 3.05) is 5.32 Å². The molecule has 1 heterocycles. The molecular formula is C11H8ClF2N3. The second-order valence-corrected chi connectivity index (χ2v) is 3.74. The van der Waals surface area contributed by atoms with Gasteiger partial charge in [-0.2, -0.15) is 0 Å². The summed E-state index contributed by atoms with van der Waals surface area (Å²) in [5.74, 6) is -1.54. The van der Waals surface area contributed by atoms with Crippen molar-refractivity contribution in [2.24, 2.45) is 0 Å². The van der Waals surface area contributed by atoms with E-state index in [4.69, 9.17) is 11.6 Å². The molecule has 17 heavy (non-hydrogen) atoms. The molecule has 0 fully saturated rings. The molecule has 0 amide bonds. The summed E-state index contributed by atoms with van der Waals surface area (Å²) >= 11 is 5.62. The number of nitrogens with one attached hydrogen (secondary N) is 1. The zero-order valence-electron chi connectivity index (χ0n) is 8.84. The number of anilines is 2. The van der Waals surface area contributed by atoms with Crippen LogP contribution in [0.5, 0.6) is 0 Å². The van der Waals surface area contributed by atoms with Crippen LogP contribution >= 0.6 is 11.6 Å². The van der Waals surface area contributed by atoms with Crippen LogP contribution < -0.4 is 5.32 Å². The number of aryl methyl sites for hydroxylation is 1. The summed E-state index contributed by atoms with van der Waals surface area (Å²) < 4.78 is 26.4. The molecule has 0 aliphatic rings. The number of hydrogen-bond acceptors (Lipinski definition) is 3. The third kappa shape index (κ3) is 2.50. The second kappa shape index (κ2) is 4.63. The van der Waals surface area contributed by atoms with E-state index in [9.17, 15) is 8.78 Å². The highest BCUT2D eigenvalue weighted by atomic mass is 35.5. The van der Waals surface area contributed by atoms with Crippen molar-refractivity contribution in [2.45, 2.75) is 6.92 Å². The highest BCUT2D eigenvalue weighted by Gasteiger charge is 2.10. The van der Waals surface area contributed by atoms with Gasteiger partial charge in [-0.15, -0.1) is 0 Å². The van der Waals surface area contributed by atoms with Gasteiger partial charge in [0.05, 0.1) is 5.69 Å². The Hall–Kier alpha value is -1.75. The number of nitrogens with zero attached hydrogens (tertiary/aromatic N) is 2. The largest absolute Gasteiger partial charge is 0.337 e. The molecule has 0 radical (unpaired) electrons. The Morgan fingerprint density at radius 1 is 1.29 bits per heavy atom. The van der Waals surface area contributed by atoms with Crippen LogP contribution in [-0.2, 0) is 0 Å². The molecule has 2 aromatic rings. The minimum atomic E-state index is -0.957. The Kier molecular flexibility index (Phi) is 3.19. The summed E-state index contributed by atoms with van der Waals surface area (Å²) in [4.78, 5) is 7.66. The van der Waals surface area contributed by atoms with Crippen LogP contribution in [0.1, 0.15) is 5.56 Å². The van der Waals surface area contributed by atoms with Crippen molar-refractivity contribution in [3.63, 3.8) is 0 Å². The van der Waals surface area contributed by atoms with Gasteiger partial charge in [-0.05, 0) is 30.7 Å². The molecule has 0 spiro atoms. The Balaban J connectivity index is 2.38. The molecular weight excluding hydrogens is 248 g/mol. The first-order valence-corrected chi connectivity index (χ1v) is 5.16. The zero-order valence-corrected chi connectivity index (χ0v) is 9.59. The van der Waals surface area contributed by atoms with Crippen molar-refractivity contribution >= 4 is 23.1 Å². The van der Waals surface area contributed by atoms with Crippen LogP contribution in [0.4, 0.5) is 20.3 Å². The van der Waals surface area contributed by atoms with E-state index < -0.39 is 11.6 Å². The first-order valence-electron chi connectivity index (χ1n) is 4.78. The molecule has 0 atom stereocenters. The molecule has 6 heteroatoms. The van der Waals surface area contributed by atoms with Crippen molar-refractivity contribution in [1.29, 1.82) is 0 Å².